The lowest BCUT2D eigenvalue weighted by Gasteiger charge is -2.27. The van der Waals surface area contributed by atoms with Gasteiger partial charge in [0.05, 0.1) is 18.8 Å². The minimum atomic E-state index is -0.550. The fourth-order valence-corrected chi connectivity index (χ4v) is 4.03. The van der Waals surface area contributed by atoms with Crippen molar-refractivity contribution in [2.75, 3.05) is 24.6 Å². The van der Waals surface area contributed by atoms with E-state index in [-0.39, 0.29) is 18.7 Å². The molecule has 1 amide bonds. The zero-order valence-electron chi connectivity index (χ0n) is 21.7. The van der Waals surface area contributed by atoms with Crippen LogP contribution in [0.1, 0.15) is 64.2 Å². The monoisotopic (exact) mass is 502 g/mol. The van der Waals surface area contributed by atoms with Crippen LogP contribution in [-0.4, -0.2) is 69.1 Å². The van der Waals surface area contributed by atoms with Crippen LogP contribution in [0.5, 0.6) is 0 Å². The first-order valence-electron chi connectivity index (χ1n) is 12.2. The van der Waals surface area contributed by atoms with Gasteiger partial charge in [-0.3, -0.25) is 0 Å². The molecule has 3 heterocycles. The molecular weight excluding hydrogens is 464 g/mol. The molecule has 12 heteroatoms. The van der Waals surface area contributed by atoms with E-state index in [4.69, 9.17) is 26.0 Å². The van der Waals surface area contributed by atoms with E-state index < -0.39 is 17.7 Å². The van der Waals surface area contributed by atoms with Crippen molar-refractivity contribution in [2.24, 2.45) is 11.6 Å². The van der Waals surface area contributed by atoms with Gasteiger partial charge in [0.1, 0.15) is 17.0 Å². The summed E-state index contributed by atoms with van der Waals surface area (Å²) >= 11 is 0. The lowest BCUT2D eigenvalue weighted by Crippen LogP contribution is -2.40. The molecule has 1 aliphatic heterocycles. The fourth-order valence-electron chi connectivity index (χ4n) is 4.03. The Bertz CT molecular complexity index is 1090. The maximum Gasteiger partial charge on any atom is 0.407 e. The highest BCUT2D eigenvalue weighted by atomic mass is 16.6. The number of aromatic nitrogens is 3. The highest BCUT2D eigenvalue weighted by Gasteiger charge is 2.29. The SMILES string of the molecule is CCOC(=O)c1cnn2ccc(N3CCCC3/C(N)=C/N(N)CC[C@@H](C)NC(=O)OC(C)(C)C)nc12. The van der Waals surface area contributed by atoms with Crippen molar-refractivity contribution in [2.45, 2.75) is 71.6 Å². The number of carbonyl (C=O) groups excluding carboxylic acids is 2. The molecule has 12 nitrogen and oxygen atoms in total. The van der Waals surface area contributed by atoms with Gasteiger partial charge < -0.3 is 30.4 Å². The van der Waals surface area contributed by atoms with E-state index in [1.165, 1.54) is 11.2 Å². The Balaban J connectivity index is 1.64. The number of carbonyl (C=O) groups is 2. The number of rotatable bonds is 9. The number of hydrogen-bond donors (Lipinski definition) is 3. The number of anilines is 1. The molecule has 0 aliphatic carbocycles. The summed E-state index contributed by atoms with van der Waals surface area (Å²) in [6, 6.07) is 1.64. The van der Waals surface area contributed by atoms with E-state index in [9.17, 15) is 9.59 Å². The number of nitrogens with two attached hydrogens (primary N) is 2. The van der Waals surface area contributed by atoms with Gasteiger partial charge in [0.25, 0.3) is 0 Å². The van der Waals surface area contributed by atoms with Crippen LogP contribution in [0.3, 0.4) is 0 Å². The van der Waals surface area contributed by atoms with Crippen molar-refractivity contribution in [1.82, 2.24) is 24.9 Å². The fraction of sp³-hybridized carbons (Fsp3) is 0.583. The van der Waals surface area contributed by atoms with Crippen molar-refractivity contribution in [1.29, 1.82) is 0 Å². The van der Waals surface area contributed by atoms with Crippen LogP contribution in [0.2, 0.25) is 0 Å². The standard InChI is InChI=1S/C24H38N8O4/c1-6-35-22(33)17-14-27-32-13-10-20(29-21(17)32)31-11-7-8-19(31)18(25)15-30(26)12-9-16(2)28-23(34)36-24(3,4)5/h10,13-16,19H,6-9,11-12,25-26H2,1-5H3,(H,28,34)/b18-15-/t16-,19?/m1/s1. The summed E-state index contributed by atoms with van der Waals surface area (Å²) in [4.78, 5) is 31.0. The van der Waals surface area contributed by atoms with E-state index in [0.717, 1.165) is 19.4 Å². The third-order valence-corrected chi connectivity index (χ3v) is 5.68. The van der Waals surface area contributed by atoms with Crippen LogP contribution < -0.4 is 21.8 Å². The number of amides is 1. The number of fused-ring (bicyclic) bond motifs is 1. The van der Waals surface area contributed by atoms with Crippen LogP contribution >= 0.6 is 0 Å². The Labute approximate surface area is 211 Å². The molecule has 2 aromatic rings. The van der Waals surface area contributed by atoms with Crippen molar-refractivity contribution in [3.05, 3.63) is 35.9 Å². The Hall–Kier alpha value is -3.54. The summed E-state index contributed by atoms with van der Waals surface area (Å²) in [6.07, 6.45) is 6.91. The molecule has 0 saturated carbocycles. The first-order chi connectivity index (χ1) is 17.0. The summed E-state index contributed by atoms with van der Waals surface area (Å²) in [7, 11) is 0. The molecule has 1 fully saturated rings. The zero-order chi connectivity index (χ0) is 26.5. The van der Waals surface area contributed by atoms with Crippen LogP contribution in [0.4, 0.5) is 10.6 Å². The minimum Gasteiger partial charge on any atom is -0.462 e. The second kappa shape index (κ2) is 11.5. The maximum atomic E-state index is 12.3. The third-order valence-electron chi connectivity index (χ3n) is 5.68. The van der Waals surface area contributed by atoms with Crippen molar-refractivity contribution >= 4 is 23.5 Å². The van der Waals surface area contributed by atoms with Gasteiger partial charge in [-0.25, -0.2) is 24.9 Å². The zero-order valence-corrected chi connectivity index (χ0v) is 21.7. The van der Waals surface area contributed by atoms with Crippen LogP contribution in [0, 0.1) is 0 Å². The number of hydrogen-bond acceptors (Lipinski definition) is 10. The predicted molar refractivity (Wildman–Crippen MR) is 136 cm³/mol. The second-order valence-electron chi connectivity index (χ2n) is 9.89. The largest absolute Gasteiger partial charge is 0.462 e. The maximum absolute atomic E-state index is 12.3. The molecule has 0 bridgehead atoms. The quantitative estimate of drug-likeness (QED) is 0.264. The molecule has 1 unspecified atom stereocenters. The second-order valence-corrected chi connectivity index (χ2v) is 9.89. The molecule has 5 N–H and O–H groups in total. The summed E-state index contributed by atoms with van der Waals surface area (Å²) in [6.45, 7) is 10.7. The highest BCUT2D eigenvalue weighted by molar-refractivity contribution is 5.95. The van der Waals surface area contributed by atoms with Gasteiger partial charge in [-0.15, -0.1) is 0 Å². The van der Waals surface area contributed by atoms with Crippen LogP contribution in [-0.2, 0) is 9.47 Å². The van der Waals surface area contributed by atoms with E-state index in [1.807, 2.05) is 33.8 Å². The molecule has 0 aromatic carbocycles. The highest BCUT2D eigenvalue weighted by Crippen LogP contribution is 2.27. The van der Waals surface area contributed by atoms with Gasteiger partial charge >= 0.3 is 12.1 Å². The molecule has 36 heavy (non-hydrogen) atoms. The number of hydrazine groups is 1. The van der Waals surface area contributed by atoms with Crippen LogP contribution in [0.25, 0.3) is 5.65 Å². The van der Waals surface area contributed by atoms with Crippen molar-refractivity contribution in [3.8, 4) is 0 Å². The average Bonchev–Trinajstić information content (AvgIpc) is 3.43. The van der Waals surface area contributed by atoms with E-state index in [0.29, 0.717) is 35.7 Å². The first kappa shape index (κ1) is 27.1. The van der Waals surface area contributed by atoms with E-state index in [1.54, 1.807) is 23.8 Å². The molecule has 0 spiro atoms. The predicted octanol–water partition coefficient (Wildman–Crippen LogP) is 2.15. The third kappa shape index (κ3) is 7.00. The topological polar surface area (TPSA) is 153 Å². The molecule has 0 radical (unpaired) electrons. The molecule has 3 rings (SSSR count). The van der Waals surface area contributed by atoms with Crippen molar-refractivity contribution < 1.29 is 19.1 Å². The lowest BCUT2D eigenvalue weighted by molar-refractivity contribution is 0.0500. The van der Waals surface area contributed by atoms with Gasteiger partial charge in [-0.2, -0.15) is 5.10 Å². The normalized spacial score (nSPS) is 17.2. The van der Waals surface area contributed by atoms with E-state index >= 15 is 0 Å². The Morgan fingerprint density at radius 2 is 2.14 bits per heavy atom. The van der Waals surface area contributed by atoms with Crippen LogP contribution in [0.15, 0.2) is 30.4 Å². The number of nitrogens with one attached hydrogen (secondary N) is 1. The lowest BCUT2D eigenvalue weighted by atomic mass is 10.1. The molecule has 198 valence electrons. The first-order valence-corrected chi connectivity index (χ1v) is 12.2. The summed E-state index contributed by atoms with van der Waals surface area (Å²) < 4.78 is 12.0. The molecule has 2 atom stereocenters. The molecule has 2 aromatic heterocycles. The average molecular weight is 503 g/mol. The Kier molecular flexibility index (Phi) is 8.62. The smallest absolute Gasteiger partial charge is 0.407 e. The number of ether oxygens (including phenoxy) is 2. The summed E-state index contributed by atoms with van der Waals surface area (Å²) in [5.41, 5.74) is 7.28. The minimum absolute atomic E-state index is 0.0859. The number of esters is 1. The summed E-state index contributed by atoms with van der Waals surface area (Å²) in [5.74, 6) is 6.43. The van der Waals surface area contributed by atoms with Gasteiger partial charge in [0.15, 0.2) is 5.65 Å². The summed E-state index contributed by atoms with van der Waals surface area (Å²) in [5, 5.41) is 8.54. The van der Waals surface area contributed by atoms with Gasteiger partial charge in [-0.05, 0) is 59.9 Å². The molecule has 1 saturated heterocycles. The number of alkyl carbamates (subject to hydrolysis) is 1. The Morgan fingerprint density at radius 3 is 2.83 bits per heavy atom. The van der Waals surface area contributed by atoms with Gasteiger partial charge in [-0.1, -0.05) is 0 Å². The Morgan fingerprint density at radius 1 is 1.39 bits per heavy atom. The van der Waals surface area contributed by atoms with Gasteiger partial charge in [0.2, 0.25) is 0 Å². The molecule has 1 aliphatic rings. The number of nitrogens with zero attached hydrogens (tertiary/aromatic N) is 5. The van der Waals surface area contributed by atoms with E-state index in [2.05, 4.69) is 15.3 Å². The van der Waals surface area contributed by atoms with Gasteiger partial charge in [0, 0.05) is 37.2 Å². The molecular formula is C24H38N8O4. The van der Waals surface area contributed by atoms with Crippen molar-refractivity contribution in [3.63, 3.8) is 0 Å².